The molecule has 110 valence electrons. The Labute approximate surface area is 118 Å². The van der Waals surface area contributed by atoms with E-state index in [1.54, 1.807) is 0 Å². The van der Waals surface area contributed by atoms with Crippen LogP contribution in [0.25, 0.3) is 0 Å². The summed E-state index contributed by atoms with van der Waals surface area (Å²) in [5, 5.41) is 3.90. The first kappa shape index (κ1) is 13.8. The van der Waals surface area contributed by atoms with Crippen LogP contribution >= 0.6 is 0 Å². The van der Waals surface area contributed by atoms with E-state index in [1.165, 1.54) is 77.4 Å². The summed E-state index contributed by atoms with van der Waals surface area (Å²) in [5.74, 6) is 0. The topological polar surface area (TPSA) is 24.5 Å². The molecule has 0 aromatic carbocycles. The first-order valence-corrected chi connectivity index (χ1v) is 8.33. The normalized spacial score (nSPS) is 36.5. The van der Waals surface area contributed by atoms with Crippen molar-refractivity contribution >= 4 is 0 Å². The SMILES string of the molecule is COC1CCC(N2CCCNC3(CCCCC3)C2)C1. The summed E-state index contributed by atoms with van der Waals surface area (Å²) < 4.78 is 5.56. The number of hydrogen-bond donors (Lipinski definition) is 1. The molecule has 1 heterocycles. The van der Waals surface area contributed by atoms with Gasteiger partial charge in [-0.2, -0.15) is 0 Å². The Kier molecular flexibility index (Phi) is 4.45. The molecule has 2 aliphatic carbocycles. The quantitative estimate of drug-likeness (QED) is 0.831. The van der Waals surface area contributed by atoms with Gasteiger partial charge in [0.05, 0.1) is 6.10 Å². The molecule has 1 aliphatic heterocycles. The minimum atomic E-state index is 0.444. The molecule has 3 fully saturated rings. The van der Waals surface area contributed by atoms with E-state index >= 15 is 0 Å². The molecule has 1 saturated heterocycles. The molecule has 1 N–H and O–H groups in total. The zero-order valence-corrected chi connectivity index (χ0v) is 12.5. The van der Waals surface area contributed by atoms with Gasteiger partial charge in [-0.05, 0) is 51.6 Å². The highest BCUT2D eigenvalue weighted by molar-refractivity contribution is 4.97. The van der Waals surface area contributed by atoms with Crippen LogP contribution in [0.15, 0.2) is 0 Å². The number of nitrogens with zero attached hydrogens (tertiary/aromatic N) is 1. The van der Waals surface area contributed by atoms with Crippen LogP contribution in [0.2, 0.25) is 0 Å². The smallest absolute Gasteiger partial charge is 0.0586 e. The Morgan fingerprint density at radius 3 is 2.68 bits per heavy atom. The van der Waals surface area contributed by atoms with Crippen LogP contribution in [0.4, 0.5) is 0 Å². The van der Waals surface area contributed by atoms with Crippen LogP contribution in [0.5, 0.6) is 0 Å². The van der Waals surface area contributed by atoms with Crippen LogP contribution < -0.4 is 5.32 Å². The van der Waals surface area contributed by atoms with E-state index < -0.39 is 0 Å². The predicted octanol–water partition coefficient (Wildman–Crippen LogP) is 2.55. The van der Waals surface area contributed by atoms with Gasteiger partial charge in [0.2, 0.25) is 0 Å². The van der Waals surface area contributed by atoms with Gasteiger partial charge < -0.3 is 10.1 Å². The zero-order valence-electron chi connectivity index (χ0n) is 12.5. The highest BCUT2D eigenvalue weighted by atomic mass is 16.5. The van der Waals surface area contributed by atoms with Crippen molar-refractivity contribution in [2.45, 2.75) is 75.5 Å². The van der Waals surface area contributed by atoms with Crippen LogP contribution in [-0.4, -0.2) is 49.3 Å². The molecular weight excluding hydrogens is 236 g/mol. The number of ether oxygens (including phenoxy) is 1. The molecule has 0 bridgehead atoms. The van der Waals surface area contributed by atoms with Gasteiger partial charge in [-0.1, -0.05) is 19.3 Å². The van der Waals surface area contributed by atoms with Crippen molar-refractivity contribution in [2.75, 3.05) is 26.7 Å². The Morgan fingerprint density at radius 1 is 1.11 bits per heavy atom. The number of methoxy groups -OCH3 is 1. The van der Waals surface area contributed by atoms with E-state index in [2.05, 4.69) is 10.2 Å². The molecule has 0 amide bonds. The summed E-state index contributed by atoms with van der Waals surface area (Å²) in [6, 6.07) is 0.781. The molecule has 3 nitrogen and oxygen atoms in total. The van der Waals surface area contributed by atoms with E-state index in [-0.39, 0.29) is 0 Å². The summed E-state index contributed by atoms with van der Waals surface area (Å²) in [5.41, 5.74) is 0.444. The maximum Gasteiger partial charge on any atom is 0.0586 e. The van der Waals surface area contributed by atoms with E-state index in [9.17, 15) is 0 Å². The van der Waals surface area contributed by atoms with Gasteiger partial charge in [-0.3, -0.25) is 4.90 Å². The Hall–Kier alpha value is -0.120. The third-order valence-electron chi connectivity index (χ3n) is 5.65. The molecule has 0 aromatic heterocycles. The number of rotatable bonds is 2. The summed E-state index contributed by atoms with van der Waals surface area (Å²) in [6.45, 7) is 3.79. The first-order valence-electron chi connectivity index (χ1n) is 8.33. The van der Waals surface area contributed by atoms with Crippen molar-refractivity contribution in [1.82, 2.24) is 10.2 Å². The second kappa shape index (κ2) is 6.11. The highest BCUT2D eigenvalue weighted by Crippen LogP contribution is 2.33. The Morgan fingerprint density at radius 2 is 1.95 bits per heavy atom. The van der Waals surface area contributed by atoms with E-state index in [1.807, 2.05) is 7.11 Å². The fraction of sp³-hybridized carbons (Fsp3) is 1.00. The lowest BCUT2D eigenvalue weighted by Gasteiger charge is -2.41. The van der Waals surface area contributed by atoms with Gasteiger partial charge in [0.15, 0.2) is 0 Å². The van der Waals surface area contributed by atoms with Gasteiger partial charge >= 0.3 is 0 Å². The largest absolute Gasteiger partial charge is 0.381 e. The molecule has 2 atom stereocenters. The lowest BCUT2D eigenvalue weighted by atomic mass is 9.81. The minimum absolute atomic E-state index is 0.444. The molecule has 2 saturated carbocycles. The Balaban J connectivity index is 1.64. The van der Waals surface area contributed by atoms with Crippen molar-refractivity contribution in [1.29, 1.82) is 0 Å². The molecule has 3 rings (SSSR count). The summed E-state index contributed by atoms with van der Waals surface area (Å²) in [4.78, 5) is 2.80. The monoisotopic (exact) mass is 266 g/mol. The molecule has 0 radical (unpaired) electrons. The molecule has 19 heavy (non-hydrogen) atoms. The fourth-order valence-corrected chi connectivity index (χ4v) is 4.50. The van der Waals surface area contributed by atoms with Gasteiger partial charge in [-0.15, -0.1) is 0 Å². The van der Waals surface area contributed by atoms with E-state index in [0.29, 0.717) is 11.6 Å². The molecule has 1 spiro atoms. The van der Waals surface area contributed by atoms with Crippen LogP contribution in [0.3, 0.4) is 0 Å². The van der Waals surface area contributed by atoms with Crippen LogP contribution in [-0.2, 0) is 4.74 Å². The number of nitrogens with one attached hydrogen (secondary N) is 1. The van der Waals surface area contributed by atoms with Gasteiger partial charge in [0, 0.05) is 25.2 Å². The lowest BCUT2D eigenvalue weighted by Crippen LogP contribution is -2.54. The van der Waals surface area contributed by atoms with E-state index in [0.717, 1.165) is 6.04 Å². The highest BCUT2D eigenvalue weighted by Gasteiger charge is 2.38. The summed E-state index contributed by atoms with van der Waals surface area (Å²) in [7, 11) is 1.87. The van der Waals surface area contributed by atoms with Crippen molar-refractivity contribution in [3.8, 4) is 0 Å². The average molecular weight is 266 g/mol. The fourth-order valence-electron chi connectivity index (χ4n) is 4.50. The van der Waals surface area contributed by atoms with Gasteiger partial charge in [0.1, 0.15) is 0 Å². The standard InChI is InChI=1S/C16H30N2O/c1-19-15-7-6-14(12-15)18-11-5-10-17-16(13-18)8-3-2-4-9-16/h14-15,17H,2-13H2,1H3. The van der Waals surface area contributed by atoms with Crippen molar-refractivity contribution < 1.29 is 4.74 Å². The molecular formula is C16H30N2O. The first-order chi connectivity index (χ1) is 9.31. The second-order valence-electron chi connectivity index (χ2n) is 6.92. The second-order valence-corrected chi connectivity index (χ2v) is 6.92. The molecule has 3 heteroatoms. The minimum Gasteiger partial charge on any atom is -0.381 e. The maximum absolute atomic E-state index is 5.56. The molecule has 0 aromatic rings. The zero-order chi connectivity index (χ0) is 13.1. The molecule has 3 aliphatic rings. The van der Waals surface area contributed by atoms with Crippen molar-refractivity contribution in [3.05, 3.63) is 0 Å². The van der Waals surface area contributed by atoms with Crippen molar-refractivity contribution in [2.24, 2.45) is 0 Å². The maximum atomic E-state index is 5.56. The summed E-state index contributed by atoms with van der Waals surface area (Å²) >= 11 is 0. The van der Waals surface area contributed by atoms with Crippen LogP contribution in [0, 0.1) is 0 Å². The van der Waals surface area contributed by atoms with Crippen molar-refractivity contribution in [3.63, 3.8) is 0 Å². The average Bonchev–Trinajstić information content (AvgIpc) is 2.84. The van der Waals surface area contributed by atoms with Gasteiger partial charge in [-0.25, -0.2) is 0 Å². The van der Waals surface area contributed by atoms with Crippen LogP contribution in [0.1, 0.15) is 57.8 Å². The molecule has 2 unspecified atom stereocenters. The predicted molar refractivity (Wildman–Crippen MR) is 78.4 cm³/mol. The van der Waals surface area contributed by atoms with Gasteiger partial charge in [0.25, 0.3) is 0 Å². The third kappa shape index (κ3) is 3.14. The Bertz CT molecular complexity index is 288. The summed E-state index contributed by atoms with van der Waals surface area (Å²) in [6.07, 6.45) is 12.8. The lowest BCUT2D eigenvalue weighted by molar-refractivity contribution is 0.0876. The number of hydrogen-bond acceptors (Lipinski definition) is 3. The third-order valence-corrected chi connectivity index (χ3v) is 5.65. The van der Waals surface area contributed by atoms with E-state index in [4.69, 9.17) is 4.74 Å².